The minimum absolute atomic E-state index is 0.307. The standard InChI is InChI=1S/C16H26O8/c1-15(2)21-9-7(19-13(17-5)11(9)23-15)8-10-12(14(18-6)20-8)24-16(3,4)22-10/h7-14H,1-6H3/t7?,8?,9-,10-,11-,12-,13-,14-/m1/s1. The van der Waals surface area contributed by atoms with Gasteiger partial charge in [-0.3, -0.25) is 0 Å². The quantitative estimate of drug-likeness (QED) is 0.742. The van der Waals surface area contributed by atoms with Crippen LogP contribution in [0.5, 0.6) is 0 Å². The van der Waals surface area contributed by atoms with E-state index in [-0.39, 0.29) is 24.4 Å². The zero-order valence-corrected chi connectivity index (χ0v) is 14.9. The highest BCUT2D eigenvalue weighted by molar-refractivity contribution is 5.06. The second-order valence-electron chi connectivity index (χ2n) is 7.54. The molecule has 8 heteroatoms. The van der Waals surface area contributed by atoms with Crippen LogP contribution in [0.3, 0.4) is 0 Å². The Bertz CT molecular complexity index is 450. The Morgan fingerprint density at radius 2 is 0.875 bits per heavy atom. The van der Waals surface area contributed by atoms with Crippen molar-refractivity contribution in [2.24, 2.45) is 0 Å². The molecule has 4 aliphatic rings. The monoisotopic (exact) mass is 346 g/mol. The first-order chi connectivity index (χ1) is 11.2. The lowest BCUT2D eigenvalue weighted by Crippen LogP contribution is -2.45. The van der Waals surface area contributed by atoms with Crippen molar-refractivity contribution in [3.05, 3.63) is 0 Å². The van der Waals surface area contributed by atoms with Gasteiger partial charge in [0.05, 0.1) is 0 Å². The predicted octanol–water partition coefficient (Wildman–Crippen LogP) is 0.769. The van der Waals surface area contributed by atoms with E-state index >= 15 is 0 Å². The SMILES string of the molecule is CO[C@@H]1OC(C2O[C@@H](OC)[C@@H]3OC(C)(C)O[C@H]23)[C@H]2OC(C)(C)O[C@@H]12. The Morgan fingerprint density at radius 1 is 0.542 bits per heavy atom. The molecule has 2 unspecified atom stereocenters. The summed E-state index contributed by atoms with van der Waals surface area (Å²) in [5, 5.41) is 0. The van der Waals surface area contributed by atoms with Crippen molar-refractivity contribution in [2.45, 2.75) is 88.5 Å². The molecule has 4 aliphatic heterocycles. The second kappa shape index (κ2) is 5.59. The Balaban J connectivity index is 1.59. The number of hydrogen-bond donors (Lipinski definition) is 0. The van der Waals surface area contributed by atoms with E-state index in [2.05, 4.69) is 0 Å². The van der Waals surface area contributed by atoms with Gasteiger partial charge in [-0.1, -0.05) is 0 Å². The maximum atomic E-state index is 6.05. The van der Waals surface area contributed by atoms with E-state index in [0.717, 1.165) is 0 Å². The van der Waals surface area contributed by atoms with Crippen LogP contribution in [-0.2, 0) is 37.9 Å². The topological polar surface area (TPSA) is 73.8 Å². The lowest BCUT2D eigenvalue weighted by atomic mass is 10.0. The number of methoxy groups -OCH3 is 2. The van der Waals surface area contributed by atoms with E-state index in [0.29, 0.717) is 0 Å². The van der Waals surface area contributed by atoms with Crippen molar-refractivity contribution in [2.75, 3.05) is 14.2 Å². The molecule has 138 valence electrons. The van der Waals surface area contributed by atoms with Crippen molar-refractivity contribution in [3.8, 4) is 0 Å². The zero-order valence-electron chi connectivity index (χ0n) is 14.9. The Morgan fingerprint density at radius 3 is 1.21 bits per heavy atom. The van der Waals surface area contributed by atoms with Gasteiger partial charge in [0.15, 0.2) is 24.2 Å². The third kappa shape index (κ3) is 2.60. The van der Waals surface area contributed by atoms with Crippen molar-refractivity contribution < 1.29 is 37.9 Å². The van der Waals surface area contributed by atoms with Crippen LogP contribution in [0.2, 0.25) is 0 Å². The number of rotatable bonds is 3. The average Bonchev–Trinajstić information content (AvgIpc) is 3.15. The highest BCUT2D eigenvalue weighted by atomic mass is 16.8. The molecule has 0 aromatic carbocycles. The Kier molecular flexibility index (Phi) is 3.98. The fourth-order valence-corrected chi connectivity index (χ4v) is 4.09. The normalized spacial score (nSPS) is 51.8. The number of fused-ring (bicyclic) bond motifs is 2. The summed E-state index contributed by atoms with van der Waals surface area (Å²) in [6.07, 6.45) is -3.06. The van der Waals surface area contributed by atoms with Gasteiger partial charge in [0, 0.05) is 14.2 Å². The molecule has 4 saturated heterocycles. The summed E-state index contributed by atoms with van der Waals surface area (Å²) < 4.78 is 46.9. The van der Waals surface area contributed by atoms with Crippen LogP contribution in [0.1, 0.15) is 27.7 Å². The first kappa shape index (κ1) is 17.1. The van der Waals surface area contributed by atoms with Gasteiger partial charge in [0.25, 0.3) is 0 Å². The van der Waals surface area contributed by atoms with Gasteiger partial charge >= 0.3 is 0 Å². The highest BCUT2D eigenvalue weighted by Gasteiger charge is 2.64. The molecule has 8 nitrogen and oxygen atoms in total. The van der Waals surface area contributed by atoms with Crippen LogP contribution in [0.25, 0.3) is 0 Å². The maximum absolute atomic E-state index is 6.05. The van der Waals surface area contributed by atoms with Crippen molar-refractivity contribution in [3.63, 3.8) is 0 Å². The number of ether oxygens (including phenoxy) is 8. The third-order valence-corrected chi connectivity index (χ3v) is 4.88. The minimum atomic E-state index is -0.695. The summed E-state index contributed by atoms with van der Waals surface area (Å²) in [6, 6.07) is 0. The first-order valence-corrected chi connectivity index (χ1v) is 8.32. The van der Waals surface area contributed by atoms with Crippen LogP contribution < -0.4 is 0 Å². The largest absolute Gasteiger partial charge is 0.353 e. The van der Waals surface area contributed by atoms with Crippen molar-refractivity contribution in [1.82, 2.24) is 0 Å². The molecule has 0 aromatic rings. The molecule has 0 radical (unpaired) electrons. The smallest absolute Gasteiger partial charge is 0.186 e. The van der Waals surface area contributed by atoms with Gasteiger partial charge < -0.3 is 37.9 Å². The lowest BCUT2D eigenvalue weighted by molar-refractivity contribution is -0.266. The molecule has 4 rings (SSSR count). The van der Waals surface area contributed by atoms with Gasteiger partial charge in [0.1, 0.15) is 36.6 Å². The summed E-state index contributed by atoms with van der Waals surface area (Å²) >= 11 is 0. The predicted molar refractivity (Wildman–Crippen MR) is 79.0 cm³/mol. The molecule has 0 aliphatic carbocycles. The van der Waals surface area contributed by atoms with Crippen molar-refractivity contribution in [1.29, 1.82) is 0 Å². The van der Waals surface area contributed by atoms with E-state index in [9.17, 15) is 0 Å². The molecule has 24 heavy (non-hydrogen) atoms. The summed E-state index contributed by atoms with van der Waals surface area (Å²) in [4.78, 5) is 0. The second-order valence-corrected chi connectivity index (χ2v) is 7.54. The van der Waals surface area contributed by atoms with Gasteiger partial charge in [-0.05, 0) is 27.7 Å². The maximum Gasteiger partial charge on any atom is 0.186 e. The zero-order chi connectivity index (χ0) is 17.3. The fourth-order valence-electron chi connectivity index (χ4n) is 4.09. The number of hydrogen-bond acceptors (Lipinski definition) is 8. The van der Waals surface area contributed by atoms with Crippen LogP contribution in [0.4, 0.5) is 0 Å². The fraction of sp³-hybridized carbons (Fsp3) is 1.00. The van der Waals surface area contributed by atoms with E-state index in [1.165, 1.54) is 0 Å². The van der Waals surface area contributed by atoms with E-state index in [1.54, 1.807) is 14.2 Å². The molecule has 0 aromatic heterocycles. The highest BCUT2D eigenvalue weighted by Crippen LogP contribution is 2.46. The molecule has 4 heterocycles. The van der Waals surface area contributed by atoms with Crippen LogP contribution in [0, 0.1) is 0 Å². The molecule has 0 spiro atoms. The molecule has 0 bridgehead atoms. The lowest BCUT2D eigenvalue weighted by Gasteiger charge is -2.29. The average molecular weight is 346 g/mol. The van der Waals surface area contributed by atoms with E-state index < -0.39 is 36.4 Å². The third-order valence-electron chi connectivity index (χ3n) is 4.88. The molecular formula is C16H26O8. The molecule has 0 amide bonds. The Hall–Kier alpha value is -0.320. The van der Waals surface area contributed by atoms with E-state index in [4.69, 9.17) is 37.9 Å². The van der Waals surface area contributed by atoms with Gasteiger partial charge in [-0.2, -0.15) is 0 Å². The molecule has 4 fully saturated rings. The molecule has 8 atom stereocenters. The van der Waals surface area contributed by atoms with Gasteiger partial charge in [-0.25, -0.2) is 0 Å². The summed E-state index contributed by atoms with van der Waals surface area (Å²) in [7, 11) is 3.18. The summed E-state index contributed by atoms with van der Waals surface area (Å²) in [5.74, 6) is -1.39. The van der Waals surface area contributed by atoms with Gasteiger partial charge in [0.2, 0.25) is 0 Å². The molecular weight excluding hydrogens is 320 g/mol. The van der Waals surface area contributed by atoms with Crippen LogP contribution >= 0.6 is 0 Å². The minimum Gasteiger partial charge on any atom is -0.353 e. The molecule has 0 saturated carbocycles. The Labute approximate surface area is 141 Å². The first-order valence-electron chi connectivity index (χ1n) is 8.32. The summed E-state index contributed by atoms with van der Waals surface area (Å²) in [6.45, 7) is 7.51. The summed E-state index contributed by atoms with van der Waals surface area (Å²) in [5.41, 5.74) is 0. The van der Waals surface area contributed by atoms with E-state index in [1.807, 2.05) is 27.7 Å². The van der Waals surface area contributed by atoms with Gasteiger partial charge in [-0.15, -0.1) is 0 Å². The van der Waals surface area contributed by atoms with Crippen LogP contribution in [0.15, 0.2) is 0 Å². The van der Waals surface area contributed by atoms with Crippen molar-refractivity contribution >= 4 is 0 Å². The molecule has 0 N–H and O–H groups in total. The van der Waals surface area contributed by atoms with Crippen LogP contribution in [-0.4, -0.2) is 75.0 Å².